The third-order valence-corrected chi connectivity index (χ3v) is 2.42. The van der Waals surface area contributed by atoms with E-state index >= 15 is 0 Å². The molecule has 15 heavy (non-hydrogen) atoms. The summed E-state index contributed by atoms with van der Waals surface area (Å²) in [5, 5.41) is 0. The van der Waals surface area contributed by atoms with E-state index < -0.39 is 0 Å². The Bertz CT molecular complexity index is 300. The van der Waals surface area contributed by atoms with Crippen LogP contribution in [-0.2, 0) is 0 Å². The van der Waals surface area contributed by atoms with Gasteiger partial charge in [0.2, 0.25) is 0 Å². The molecule has 0 amide bonds. The minimum absolute atomic E-state index is 0.367. The minimum atomic E-state index is 0.367. The molecule has 0 saturated heterocycles. The van der Waals surface area contributed by atoms with Gasteiger partial charge in [0.15, 0.2) is 0 Å². The summed E-state index contributed by atoms with van der Waals surface area (Å²) in [4.78, 5) is 2.26. The second-order valence-electron chi connectivity index (χ2n) is 5.52. The van der Waals surface area contributed by atoms with Crippen molar-refractivity contribution in [3.63, 3.8) is 0 Å². The molecule has 1 aliphatic heterocycles. The van der Waals surface area contributed by atoms with Crippen molar-refractivity contribution in [2.45, 2.75) is 34.1 Å². The van der Waals surface area contributed by atoms with E-state index in [1.165, 1.54) is 11.1 Å². The van der Waals surface area contributed by atoms with Crippen LogP contribution in [0.25, 0.3) is 0 Å². The van der Waals surface area contributed by atoms with E-state index in [-0.39, 0.29) is 0 Å². The topological polar surface area (TPSA) is 3.24 Å². The Morgan fingerprint density at radius 1 is 1.40 bits per heavy atom. The molecule has 0 aromatic rings. The van der Waals surface area contributed by atoms with Crippen LogP contribution >= 0.6 is 0 Å². The number of hydrogen-bond donors (Lipinski definition) is 0. The molecular formula is C14H23N. The molecule has 0 saturated carbocycles. The SMILES string of the molecule is C/C=C\C=C1/CN(C)C=C1CC(C)(C)C. The number of allylic oxidation sites excluding steroid dienone is 3. The molecule has 0 atom stereocenters. The van der Waals surface area contributed by atoms with Gasteiger partial charge in [-0.1, -0.05) is 39.0 Å². The van der Waals surface area contributed by atoms with Gasteiger partial charge in [0.05, 0.1) is 0 Å². The Kier molecular flexibility index (Phi) is 3.78. The quantitative estimate of drug-likeness (QED) is 0.663. The van der Waals surface area contributed by atoms with Crippen molar-refractivity contribution in [3.05, 3.63) is 35.6 Å². The summed E-state index contributed by atoms with van der Waals surface area (Å²) in [6.07, 6.45) is 9.88. The first-order chi connectivity index (χ1) is 6.92. The molecule has 1 aliphatic rings. The highest BCUT2D eigenvalue weighted by atomic mass is 15.1. The maximum atomic E-state index is 2.29. The minimum Gasteiger partial charge on any atom is -0.376 e. The van der Waals surface area contributed by atoms with Gasteiger partial charge in [0, 0.05) is 19.8 Å². The van der Waals surface area contributed by atoms with Crippen molar-refractivity contribution >= 4 is 0 Å². The first-order valence-electron chi connectivity index (χ1n) is 5.65. The molecule has 1 heterocycles. The Hall–Kier alpha value is -0.980. The standard InChI is InChI=1S/C14H23N/c1-6-7-8-12-10-15(5)11-13(12)9-14(2,3)4/h6-8,11H,9-10H2,1-5H3/b7-6-,12-8+. The number of nitrogens with zero attached hydrogens (tertiary/aromatic N) is 1. The Morgan fingerprint density at radius 3 is 2.60 bits per heavy atom. The smallest absolute Gasteiger partial charge is 0.0424 e. The largest absolute Gasteiger partial charge is 0.376 e. The van der Waals surface area contributed by atoms with Crippen LogP contribution in [0.3, 0.4) is 0 Å². The zero-order valence-electron chi connectivity index (χ0n) is 10.7. The van der Waals surface area contributed by atoms with Crippen molar-refractivity contribution in [1.29, 1.82) is 0 Å². The van der Waals surface area contributed by atoms with E-state index in [1.54, 1.807) is 0 Å². The van der Waals surface area contributed by atoms with E-state index in [0.29, 0.717) is 5.41 Å². The zero-order chi connectivity index (χ0) is 11.5. The summed E-state index contributed by atoms with van der Waals surface area (Å²) in [5.74, 6) is 0. The maximum Gasteiger partial charge on any atom is 0.0424 e. The van der Waals surface area contributed by atoms with Crippen molar-refractivity contribution in [2.75, 3.05) is 13.6 Å². The predicted molar refractivity (Wildman–Crippen MR) is 67.7 cm³/mol. The van der Waals surface area contributed by atoms with Crippen LogP contribution in [-0.4, -0.2) is 18.5 Å². The Balaban J connectivity index is 2.80. The molecular weight excluding hydrogens is 182 g/mol. The number of hydrogen-bond acceptors (Lipinski definition) is 1. The highest BCUT2D eigenvalue weighted by Crippen LogP contribution is 2.31. The highest BCUT2D eigenvalue weighted by Gasteiger charge is 2.20. The third kappa shape index (κ3) is 3.94. The van der Waals surface area contributed by atoms with Gasteiger partial charge >= 0.3 is 0 Å². The molecule has 1 rings (SSSR count). The van der Waals surface area contributed by atoms with E-state index in [9.17, 15) is 0 Å². The van der Waals surface area contributed by atoms with Gasteiger partial charge in [-0.15, -0.1) is 0 Å². The van der Waals surface area contributed by atoms with E-state index in [2.05, 4.69) is 64.1 Å². The van der Waals surface area contributed by atoms with Gasteiger partial charge in [-0.25, -0.2) is 0 Å². The third-order valence-electron chi connectivity index (χ3n) is 2.42. The van der Waals surface area contributed by atoms with Crippen molar-refractivity contribution in [2.24, 2.45) is 5.41 Å². The van der Waals surface area contributed by atoms with Crippen molar-refractivity contribution < 1.29 is 0 Å². The van der Waals surface area contributed by atoms with Crippen molar-refractivity contribution in [1.82, 2.24) is 4.90 Å². The van der Waals surface area contributed by atoms with Crippen LogP contribution in [0.4, 0.5) is 0 Å². The fraction of sp³-hybridized carbons (Fsp3) is 0.571. The zero-order valence-corrected chi connectivity index (χ0v) is 10.7. The lowest BCUT2D eigenvalue weighted by Gasteiger charge is -2.19. The lowest BCUT2D eigenvalue weighted by atomic mass is 9.86. The van der Waals surface area contributed by atoms with Crippen LogP contribution in [0.5, 0.6) is 0 Å². The predicted octanol–water partition coefficient (Wildman–Crippen LogP) is 3.75. The molecule has 0 aliphatic carbocycles. The average molecular weight is 205 g/mol. The fourth-order valence-electron chi connectivity index (χ4n) is 1.87. The molecule has 0 aromatic heterocycles. The normalized spacial score (nSPS) is 20.5. The van der Waals surface area contributed by atoms with E-state index in [4.69, 9.17) is 0 Å². The molecule has 0 spiro atoms. The Morgan fingerprint density at radius 2 is 2.07 bits per heavy atom. The summed E-state index contributed by atoms with van der Waals surface area (Å²) < 4.78 is 0. The molecule has 0 unspecified atom stereocenters. The fourth-order valence-corrected chi connectivity index (χ4v) is 1.87. The summed E-state index contributed by atoms with van der Waals surface area (Å²) in [5.41, 5.74) is 3.32. The van der Waals surface area contributed by atoms with Gasteiger partial charge in [-0.2, -0.15) is 0 Å². The molecule has 0 fully saturated rings. The van der Waals surface area contributed by atoms with Crippen molar-refractivity contribution in [3.8, 4) is 0 Å². The van der Waals surface area contributed by atoms with Crippen LogP contribution < -0.4 is 0 Å². The summed E-state index contributed by atoms with van der Waals surface area (Å²) in [6.45, 7) is 9.98. The second kappa shape index (κ2) is 4.69. The number of likely N-dealkylation sites (N-methyl/N-ethyl adjacent to an activating group) is 1. The van der Waals surface area contributed by atoms with Crippen LogP contribution in [0.2, 0.25) is 0 Å². The summed E-state index contributed by atoms with van der Waals surface area (Å²) >= 11 is 0. The maximum absolute atomic E-state index is 2.29. The first kappa shape index (κ1) is 12.1. The highest BCUT2D eigenvalue weighted by molar-refractivity contribution is 5.39. The molecule has 1 nitrogen and oxygen atoms in total. The van der Waals surface area contributed by atoms with Gasteiger partial charge < -0.3 is 4.90 Å². The summed E-state index contributed by atoms with van der Waals surface area (Å²) in [7, 11) is 2.14. The lowest BCUT2D eigenvalue weighted by molar-refractivity contribution is 0.412. The van der Waals surface area contributed by atoms with Gasteiger partial charge in [-0.05, 0) is 29.9 Å². The number of rotatable bonds is 2. The van der Waals surface area contributed by atoms with Gasteiger partial charge in [0.25, 0.3) is 0 Å². The van der Waals surface area contributed by atoms with E-state index in [0.717, 1.165) is 13.0 Å². The molecule has 0 bridgehead atoms. The first-order valence-corrected chi connectivity index (χ1v) is 5.65. The Labute approximate surface area is 94.2 Å². The van der Waals surface area contributed by atoms with E-state index in [1.807, 2.05) is 0 Å². The average Bonchev–Trinajstić information content (AvgIpc) is 2.39. The van der Waals surface area contributed by atoms with Crippen LogP contribution in [0, 0.1) is 5.41 Å². The monoisotopic (exact) mass is 205 g/mol. The second-order valence-corrected chi connectivity index (χ2v) is 5.52. The lowest BCUT2D eigenvalue weighted by Crippen LogP contribution is -2.07. The van der Waals surface area contributed by atoms with Crippen LogP contribution in [0.1, 0.15) is 34.1 Å². The van der Waals surface area contributed by atoms with Crippen LogP contribution in [0.15, 0.2) is 35.6 Å². The molecule has 84 valence electrons. The molecule has 1 heteroatoms. The van der Waals surface area contributed by atoms with Gasteiger partial charge in [0.1, 0.15) is 0 Å². The molecule has 0 aromatic carbocycles. The summed E-state index contributed by atoms with van der Waals surface area (Å²) in [6, 6.07) is 0. The molecule has 0 radical (unpaired) electrons. The molecule has 0 N–H and O–H groups in total. The van der Waals surface area contributed by atoms with Gasteiger partial charge in [-0.3, -0.25) is 0 Å².